The Morgan fingerprint density at radius 2 is 2.16 bits per heavy atom. The average molecular weight is 426 g/mol. The predicted octanol–water partition coefficient (Wildman–Crippen LogP) is 0.543. The molecule has 1 fully saturated rings. The first-order chi connectivity index (χ1) is 14.9. The molecule has 1 aromatic heterocycles. The molecular formula is C21H23FN6O3. The Kier molecular flexibility index (Phi) is 5.45. The lowest BCUT2D eigenvalue weighted by Gasteiger charge is -2.31. The van der Waals surface area contributed by atoms with E-state index in [1.807, 2.05) is 6.92 Å². The molecule has 1 saturated carbocycles. The lowest BCUT2D eigenvalue weighted by atomic mass is 10.2. The molecule has 2 aromatic rings. The van der Waals surface area contributed by atoms with Gasteiger partial charge in [-0.15, -0.1) is 0 Å². The van der Waals surface area contributed by atoms with Gasteiger partial charge in [-0.3, -0.25) is 19.1 Å². The minimum Gasteiger partial charge on any atom is -0.383 e. The van der Waals surface area contributed by atoms with E-state index in [0.717, 1.165) is 6.42 Å². The number of benzene rings is 1. The summed E-state index contributed by atoms with van der Waals surface area (Å²) >= 11 is 0. The third-order valence-corrected chi connectivity index (χ3v) is 5.59. The van der Waals surface area contributed by atoms with Crippen molar-refractivity contribution in [3.8, 4) is 0 Å². The third kappa shape index (κ3) is 4.27. The van der Waals surface area contributed by atoms with Crippen LogP contribution in [-0.4, -0.2) is 45.5 Å². The number of nitrogens with two attached hydrogens (primary N) is 1. The Morgan fingerprint density at radius 3 is 2.87 bits per heavy atom. The second-order valence-corrected chi connectivity index (χ2v) is 7.68. The molecule has 2 aliphatic rings. The van der Waals surface area contributed by atoms with Crippen molar-refractivity contribution in [2.75, 3.05) is 13.2 Å². The minimum absolute atomic E-state index is 0.0346. The number of carbonyl (C=O) groups is 3. The Bertz CT molecular complexity index is 1080. The highest BCUT2D eigenvalue weighted by molar-refractivity contribution is 6.03. The van der Waals surface area contributed by atoms with Crippen LogP contribution >= 0.6 is 0 Å². The molecule has 31 heavy (non-hydrogen) atoms. The van der Waals surface area contributed by atoms with E-state index in [1.54, 1.807) is 17.0 Å². The molecule has 10 heteroatoms. The maximum absolute atomic E-state index is 13.3. The molecular weight excluding hydrogens is 403 g/mol. The van der Waals surface area contributed by atoms with E-state index >= 15 is 0 Å². The van der Waals surface area contributed by atoms with Gasteiger partial charge in [-0.25, -0.2) is 4.39 Å². The fourth-order valence-corrected chi connectivity index (χ4v) is 3.76. The first-order valence-corrected chi connectivity index (χ1v) is 10.0. The van der Waals surface area contributed by atoms with Gasteiger partial charge >= 0.3 is 0 Å². The molecule has 1 aromatic carbocycles. The minimum atomic E-state index is -0.547. The van der Waals surface area contributed by atoms with Crippen molar-refractivity contribution in [3.63, 3.8) is 0 Å². The fraction of sp³-hybridized carbons (Fsp3) is 0.333. The first-order valence-electron chi connectivity index (χ1n) is 10.0. The first kappa shape index (κ1) is 20.6. The highest BCUT2D eigenvalue weighted by Gasteiger charge is 2.48. The summed E-state index contributed by atoms with van der Waals surface area (Å²) in [5.41, 5.74) is 7.00. The van der Waals surface area contributed by atoms with Crippen molar-refractivity contribution < 1.29 is 18.8 Å². The number of ketones is 1. The topological polar surface area (TPSA) is 122 Å². The average Bonchev–Trinajstić information content (AvgIpc) is 3.11. The maximum atomic E-state index is 13.3. The lowest BCUT2D eigenvalue weighted by molar-refractivity contribution is -0.119. The van der Waals surface area contributed by atoms with Crippen molar-refractivity contribution in [3.05, 3.63) is 65.1 Å². The summed E-state index contributed by atoms with van der Waals surface area (Å²) in [6.45, 7) is 2.82. The molecule has 2 unspecified atom stereocenters. The number of Topliss-reactive ketones (excluding diaryl/α,β-unsaturated/α-hetero) is 1. The molecule has 0 saturated heterocycles. The van der Waals surface area contributed by atoms with Crippen LogP contribution in [0.3, 0.4) is 0 Å². The molecule has 9 nitrogen and oxygen atoms in total. The van der Waals surface area contributed by atoms with Crippen LogP contribution in [0.5, 0.6) is 0 Å². The monoisotopic (exact) mass is 426 g/mol. The normalized spacial score (nSPS) is 20.6. The van der Waals surface area contributed by atoms with Gasteiger partial charge in [0.15, 0.2) is 0 Å². The van der Waals surface area contributed by atoms with Crippen LogP contribution in [0.4, 0.5) is 4.39 Å². The second-order valence-electron chi connectivity index (χ2n) is 7.68. The number of nitrogens with one attached hydrogen (secondary N) is 2. The largest absolute Gasteiger partial charge is 0.383 e. The van der Waals surface area contributed by atoms with Crippen LogP contribution in [-0.2, 0) is 16.1 Å². The Hall–Kier alpha value is -3.69. The van der Waals surface area contributed by atoms with Gasteiger partial charge in [-0.1, -0.05) is 19.1 Å². The summed E-state index contributed by atoms with van der Waals surface area (Å²) < 4.78 is 14.8. The Labute approximate surface area is 178 Å². The van der Waals surface area contributed by atoms with Crippen LogP contribution in [0, 0.1) is 17.7 Å². The molecule has 0 radical (unpaired) electrons. The maximum Gasteiger partial charge on any atom is 0.272 e. The zero-order valence-electron chi connectivity index (χ0n) is 17.0. The summed E-state index contributed by atoms with van der Waals surface area (Å²) in [5, 5.41) is 9.32. The molecule has 2 atom stereocenters. The van der Waals surface area contributed by atoms with Crippen molar-refractivity contribution >= 4 is 17.6 Å². The molecule has 4 N–H and O–H groups in total. The van der Waals surface area contributed by atoms with Crippen molar-refractivity contribution in [1.29, 1.82) is 0 Å². The van der Waals surface area contributed by atoms with Crippen molar-refractivity contribution in [2.45, 2.75) is 19.9 Å². The number of halogens is 1. The van der Waals surface area contributed by atoms with Gasteiger partial charge in [0.25, 0.3) is 11.8 Å². The van der Waals surface area contributed by atoms with Crippen molar-refractivity contribution in [2.24, 2.45) is 17.6 Å². The summed E-state index contributed by atoms with van der Waals surface area (Å²) in [7, 11) is 0. The summed E-state index contributed by atoms with van der Waals surface area (Å²) in [5.74, 6) is -1.14. The number of hydrogen-bond acceptors (Lipinski definition) is 6. The van der Waals surface area contributed by atoms with Crippen LogP contribution in [0.2, 0.25) is 0 Å². The molecule has 1 aliphatic heterocycles. The molecule has 1 aliphatic carbocycles. The zero-order valence-corrected chi connectivity index (χ0v) is 17.0. The van der Waals surface area contributed by atoms with Crippen LogP contribution < -0.4 is 16.4 Å². The van der Waals surface area contributed by atoms with Gasteiger partial charge in [-0.05, 0) is 24.1 Å². The predicted molar refractivity (Wildman–Crippen MR) is 108 cm³/mol. The van der Waals surface area contributed by atoms with E-state index in [0.29, 0.717) is 12.1 Å². The Balaban J connectivity index is 1.44. The summed E-state index contributed by atoms with van der Waals surface area (Å²) in [6.07, 6.45) is 3.64. The van der Waals surface area contributed by atoms with Crippen LogP contribution in [0.25, 0.3) is 0 Å². The SMILES string of the molecule is CCC1C(=O)C1CN1CNC(=O)C(NC(=O)c2cnn(Cc3cccc(F)c3)c2)=C1N. The van der Waals surface area contributed by atoms with Gasteiger partial charge in [0, 0.05) is 24.6 Å². The highest BCUT2D eigenvalue weighted by Crippen LogP contribution is 2.37. The molecule has 0 spiro atoms. The quantitative estimate of drug-likeness (QED) is 0.594. The number of carbonyl (C=O) groups excluding carboxylic acids is 3. The molecule has 4 rings (SSSR count). The molecule has 0 bridgehead atoms. The molecule has 2 heterocycles. The molecule has 162 valence electrons. The van der Waals surface area contributed by atoms with Gasteiger partial charge in [0.05, 0.1) is 25.0 Å². The number of aromatic nitrogens is 2. The van der Waals surface area contributed by atoms with E-state index in [4.69, 9.17) is 5.73 Å². The second kappa shape index (κ2) is 8.21. The number of nitrogens with zero attached hydrogens (tertiary/aromatic N) is 3. The number of hydrogen-bond donors (Lipinski definition) is 3. The van der Waals surface area contributed by atoms with Crippen LogP contribution in [0.15, 0.2) is 48.2 Å². The van der Waals surface area contributed by atoms with Crippen LogP contribution in [0.1, 0.15) is 29.3 Å². The third-order valence-electron chi connectivity index (χ3n) is 5.59. The zero-order chi connectivity index (χ0) is 22.1. The highest BCUT2D eigenvalue weighted by atomic mass is 19.1. The van der Waals surface area contributed by atoms with Gasteiger partial charge < -0.3 is 21.3 Å². The smallest absolute Gasteiger partial charge is 0.272 e. The van der Waals surface area contributed by atoms with Gasteiger partial charge in [0.2, 0.25) is 0 Å². The van der Waals surface area contributed by atoms with E-state index < -0.39 is 11.8 Å². The van der Waals surface area contributed by atoms with Gasteiger partial charge in [0.1, 0.15) is 23.1 Å². The number of rotatable bonds is 7. The van der Waals surface area contributed by atoms with Crippen molar-refractivity contribution in [1.82, 2.24) is 25.3 Å². The summed E-state index contributed by atoms with van der Waals surface area (Å²) in [6, 6.07) is 6.10. The van der Waals surface area contributed by atoms with E-state index in [9.17, 15) is 18.8 Å². The van der Waals surface area contributed by atoms with E-state index in [2.05, 4.69) is 15.7 Å². The van der Waals surface area contributed by atoms with E-state index in [-0.39, 0.29) is 53.7 Å². The molecule has 2 amide bonds. The Morgan fingerprint density at radius 1 is 1.35 bits per heavy atom. The standard InChI is InChI=1S/C21H23FN6O3/c1-2-15-16(18(15)29)10-27-11-24-21(31)17(19(27)23)26-20(30)13-7-25-28(9-13)8-12-4-3-5-14(22)6-12/h3-7,9,15-16H,2,8,10-11,23H2,1H3,(H,24,31)(H,26,30). The van der Waals surface area contributed by atoms with Gasteiger partial charge in [-0.2, -0.15) is 5.10 Å². The number of amides is 2. The lowest BCUT2D eigenvalue weighted by Crippen LogP contribution is -2.51. The van der Waals surface area contributed by atoms with E-state index in [1.165, 1.54) is 29.2 Å². The fourth-order valence-electron chi connectivity index (χ4n) is 3.76. The summed E-state index contributed by atoms with van der Waals surface area (Å²) in [4.78, 5) is 38.4.